The zero-order valence-corrected chi connectivity index (χ0v) is 14.8. The lowest BCUT2D eigenvalue weighted by Crippen LogP contribution is -2.44. The van der Waals surface area contributed by atoms with Gasteiger partial charge < -0.3 is 24.4 Å². The number of benzene rings is 1. The van der Waals surface area contributed by atoms with Crippen molar-refractivity contribution in [3.8, 4) is 11.5 Å². The molecule has 0 aromatic heterocycles. The number of urea groups is 1. The molecule has 0 spiro atoms. The van der Waals surface area contributed by atoms with Crippen LogP contribution in [0.2, 0.25) is 0 Å². The third kappa shape index (κ3) is 4.77. The average molecular weight is 336 g/mol. The monoisotopic (exact) mass is 336 g/mol. The molecule has 1 aromatic rings. The molecular formula is C18H28N2O4. The number of nitrogens with zero attached hydrogens (tertiary/aromatic N) is 1. The molecule has 0 saturated carbocycles. The minimum Gasteiger partial charge on any atom is -0.496 e. The maximum atomic E-state index is 12.5. The number of methoxy groups -OCH3 is 2. The predicted octanol–water partition coefficient (Wildman–Crippen LogP) is 2.80. The highest BCUT2D eigenvalue weighted by Gasteiger charge is 2.21. The lowest BCUT2D eigenvalue weighted by Gasteiger charge is -2.29. The maximum Gasteiger partial charge on any atom is 0.317 e. The van der Waals surface area contributed by atoms with Crippen LogP contribution in [-0.2, 0) is 11.3 Å². The molecule has 1 heterocycles. The van der Waals surface area contributed by atoms with Crippen molar-refractivity contribution in [2.24, 2.45) is 0 Å². The number of ether oxygens (including phenoxy) is 3. The summed E-state index contributed by atoms with van der Waals surface area (Å²) in [6.45, 7) is 4.41. The molecular weight excluding hydrogens is 308 g/mol. The standard InChI is InChI=1S/C18H28N2O4/c1-4-20(13-14-8-5-6-11-24-14)18(21)19-12-15-16(22-2)9-7-10-17(15)23-3/h7,9-10,14H,4-6,8,11-13H2,1-3H3,(H,19,21)/t14-/m0/s1. The molecule has 1 N–H and O–H groups in total. The second kappa shape index (κ2) is 9.37. The van der Waals surface area contributed by atoms with Crippen molar-refractivity contribution in [3.63, 3.8) is 0 Å². The van der Waals surface area contributed by atoms with Gasteiger partial charge in [-0.1, -0.05) is 6.07 Å². The van der Waals surface area contributed by atoms with Crippen LogP contribution in [0.25, 0.3) is 0 Å². The zero-order valence-electron chi connectivity index (χ0n) is 14.8. The summed E-state index contributed by atoms with van der Waals surface area (Å²) in [5.74, 6) is 1.40. The fourth-order valence-electron chi connectivity index (χ4n) is 2.93. The van der Waals surface area contributed by atoms with Gasteiger partial charge >= 0.3 is 6.03 Å². The Labute approximate surface area is 144 Å². The Balaban J connectivity index is 1.95. The van der Waals surface area contributed by atoms with E-state index in [0.717, 1.165) is 25.0 Å². The van der Waals surface area contributed by atoms with E-state index in [1.165, 1.54) is 6.42 Å². The Bertz CT molecular complexity index is 508. The minimum absolute atomic E-state index is 0.0976. The van der Waals surface area contributed by atoms with Crippen LogP contribution < -0.4 is 14.8 Å². The molecule has 1 aromatic carbocycles. The molecule has 24 heavy (non-hydrogen) atoms. The third-order valence-corrected chi connectivity index (χ3v) is 4.31. The summed E-state index contributed by atoms with van der Waals surface area (Å²) in [6.07, 6.45) is 3.44. The first kappa shape index (κ1) is 18.4. The summed E-state index contributed by atoms with van der Waals surface area (Å²) in [7, 11) is 3.22. The Kier molecular flexibility index (Phi) is 7.18. The van der Waals surface area contributed by atoms with Gasteiger partial charge in [0.05, 0.1) is 32.4 Å². The lowest BCUT2D eigenvalue weighted by atomic mass is 10.1. The average Bonchev–Trinajstić information content (AvgIpc) is 2.64. The van der Waals surface area contributed by atoms with E-state index in [2.05, 4.69) is 5.32 Å². The van der Waals surface area contributed by atoms with Crippen LogP contribution in [0.5, 0.6) is 11.5 Å². The first-order valence-corrected chi connectivity index (χ1v) is 8.53. The summed E-state index contributed by atoms with van der Waals surface area (Å²) in [4.78, 5) is 14.3. The zero-order chi connectivity index (χ0) is 17.4. The van der Waals surface area contributed by atoms with E-state index < -0.39 is 0 Å². The molecule has 1 saturated heterocycles. The molecule has 134 valence electrons. The Morgan fingerprint density at radius 3 is 2.54 bits per heavy atom. The van der Waals surface area contributed by atoms with Crippen molar-refractivity contribution < 1.29 is 19.0 Å². The molecule has 1 atom stereocenters. The van der Waals surface area contributed by atoms with Gasteiger partial charge in [-0.05, 0) is 38.3 Å². The predicted molar refractivity (Wildman–Crippen MR) is 92.6 cm³/mol. The van der Waals surface area contributed by atoms with Crippen LogP contribution in [0.4, 0.5) is 4.79 Å². The molecule has 6 heteroatoms. The second-order valence-corrected chi connectivity index (χ2v) is 5.83. The molecule has 1 fully saturated rings. The molecule has 0 radical (unpaired) electrons. The number of hydrogen-bond donors (Lipinski definition) is 1. The molecule has 2 rings (SSSR count). The van der Waals surface area contributed by atoms with Gasteiger partial charge in [-0.3, -0.25) is 0 Å². The van der Waals surface area contributed by atoms with Crippen molar-refractivity contribution in [3.05, 3.63) is 23.8 Å². The van der Waals surface area contributed by atoms with Gasteiger partial charge in [0.2, 0.25) is 0 Å². The Hall–Kier alpha value is -1.95. The van der Waals surface area contributed by atoms with Crippen molar-refractivity contribution >= 4 is 6.03 Å². The molecule has 0 bridgehead atoms. The fraction of sp³-hybridized carbons (Fsp3) is 0.611. The van der Waals surface area contributed by atoms with Crippen LogP contribution >= 0.6 is 0 Å². The summed E-state index contributed by atoms with van der Waals surface area (Å²) in [6, 6.07) is 5.48. The summed E-state index contributed by atoms with van der Waals surface area (Å²) < 4.78 is 16.5. The van der Waals surface area contributed by atoms with Gasteiger partial charge in [0.15, 0.2) is 0 Å². The second-order valence-electron chi connectivity index (χ2n) is 5.83. The highest BCUT2D eigenvalue weighted by Crippen LogP contribution is 2.27. The van der Waals surface area contributed by atoms with E-state index in [0.29, 0.717) is 31.1 Å². The number of carbonyl (C=O) groups is 1. The number of likely N-dealkylation sites (N-methyl/N-ethyl adjacent to an activating group) is 1. The minimum atomic E-state index is -0.0976. The smallest absolute Gasteiger partial charge is 0.317 e. The normalized spacial score (nSPS) is 17.2. The summed E-state index contributed by atoms with van der Waals surface area (Å²) in [5, 5.41) is 2.96. The number of rotatable bonds is 7. The van der Waals surface area contributed by atoms with Gasteiger partial charge in [0.25, 0.3) is 0 Å². The number of amides is 2. The summed E-state index contributed by atoms with van der Waals surface area (Å²) in [5.41, 5.74) is 0.834. The van der Waals surface area contributed by atoms with E-state index in [1.54, 1.807) is 19.1 Å². The Morgan fingerprint density at radius 1 is 1.29 bits per heavy atom. The number of hydrogen-bond acceptors (Lipinski definition) is 4. The molecule has 0 unspecified atom stereocenters. The van der Waals surface area contributed by atoms with E-state index in [4.69, 9.17) is 14.2 Å². The summed E-state index contributed by atoms with van der Waals surface area (Å²) >= 11 is 0. The number of nitrogens with one attached hydrogen (secondary N) is 1. The fourth-order valence-corrected chi connectivity index (χ4v) is 2.93. The van der Waals surface area contributed by atoms with Crippen LogP contribution in [0.1, 0.15) is 31.7 Å². The molecule has 0 aliphatic carbocycles. The van der Waals surface area contributed by atoms with Gasteiger partial charge in [-0.15, -0.1) is 0 Å². The first-order chi connectivity index (χ1) is 11.7. The number of carbonyl (C=O) groups excluding carboxylic acids is 1. The molecule has 2 amide bonds. The van der Waals surface area contributed by atoms with Gasteiger partial charge in [0.1, 0.15) is 11.5 Å². The van der Waals surface area contributed by atoms with E-state index >= 15 is 0 Å². The first-order valence-electron chi connectivity index (χ1n) is 8.53. The van der Waals surface area contributed by atoms with Crippen LogP contribution in [0.3, 0.4) is 0 Å². The van der Waals surface area contributed by atoms with Gasteiger partial charge in [0, 0.05) is 19.7 Å². The van der Waals surface area contributed by atoms with Gasteiger partial charge in [-0.25, -0.2) is 4.79 Å². The molecule has 1 aliphatic heterocycles. The van der Waals surface area contributed by atoms with E-state index in [1.807, 2.05) is 25.1 Å². The highest BCUT2D eigenvalue weighted by atomic mass is 16.5. The van der Waals surface area contributed by atoms with Crippen molar-refractivity contribution in [2.45, 2.75) is 38.8 Å². The topological polar surface area (TPSA) is 60.0 Å². The quantitative estimate of drug-likeness (QED) is 0.832. The van der Waals surface area contributed by atoms with Crippen LogP contribution in [-0.4, -0.2) is 51.0 Å². The third-order valence-electron chi connectivity index (χ3n) is 4.31. The van der Waals surface area contributed by atoms with Gasteiger partial charge in [-0.2, -0.15) is 0 Å². The van der Waals surface area contributed by atoms with E-state index in [9.17, 15) is 4.79 Å². The van der Waals surface area contributed by atoms with E-state index in [-0.39, 0.29) is 12.1 Å². The molecule has 6 nitrogen and oxygen atoms in total. The SMILES string of the molecule is CCN(C[C@@H]1CCCCO1)C(=O)NCc1c(OC)cccc1OC. The Morgan fingerprint density at radius 2 is 2.00 bits per heavy atom. The van der Waals surface area contributed by atoms with Crippen molar-refractivity contribution in [1.82, 2.24) is 10.2 Å². The lowest BCUT2D eigenvalue weighted by molar-refractivity contribution is 0.00131. The van der Waals surface area contributed by atoms with Crippen molar-refractivity contribution in [1.29, 1.82) is 0 Å². The largest absolute Gasteiger partial charge is 0.496 e. The van der Waals surface area contributed by atoms with Crippen molar-refractivity contribution in [2.75, 3.05) is 33.9 Å². The highest BCUT2D eigenvalue weighted by molar-refractivity contribution is 5.74. The molecule has 1 aliphatic rings. The van der Waals surface area contributed by atoms with Crippen LogP contribution in [0, 0.1) is 0 Å². The van der Waals surface area contributed by atoms with Crippen LogP contribution in [0.15, 0.2) is 18.2 Å². The maximum absolute atomic E-state index is 12.5.